The van der Waals surface area contributed by atoms with Gasteiger partial charge in [-0.2, -0.15) is 0 Å². The van der Waals surface area contributed by atoms with Crippen LogP contribution in [0.25, 0.3) is 28.2 Å². The van der Waals surface area contributed by atoms with Gasteiger partial charge in [-0.25, -0.2) is 9.97 Å². The van der Waals surface area contributed by atoms with Gasteiger partial charge in [0.2, 0.25) is 0 Å². The summed E-state index contributed by atoms with van der Waals surface area (Å²) in [6.07, 6.45) is -1.25. The molecule has 5 rings (SSSR count). The molecular weight excluding hydrogens is 380 g/mol. The van der Waals surface area contributed by atoms with Crippen LogP contribution in [0, 0.1) is 0 Å². The van der Waals surface area contributed by atoms with E-state index in [2.05, 4.69) is 20.2 Å². The molecule has 1 aliphatic rings. The second kappa shape index (κ2) is 6.74. The monoisotopic (exact) mass is 398 g/mol. The zero-order valence-electron chi connectivity index (χ0n) is 15.3. The van der Waals surface area contributed by atoms with Crippen LogP contribution in [0.1, 0.15) is 6.23 Å². The minimum atomic E-state index is -1.23. The number of aliphatic hydroxyl groups is 3. The SMILES string of the molecule is COc1ccccc1-c1nnc2c3ncn([C@@H]4O[C@H](CO)[C@@H](O)[C@H]4O)c3ncn12. The number of fused-ring (bicyclic) bond motifs is 3. The fourth-order valence-electron chi connectivity index (χ4n) is 3.62. The zero-order valence-corrected chi connectivity index (χ0v) is 15.3. The number of aliphatic hydroxyl groups excluding tert-OH is 3. The summed E-state index contributed by atoms with van der Waals surface area (Å²) in [4.78, 5) is 8.81. The zero-order chi connectivity index (χ0) is 20.1. The quantitative estimate of drug-likeness (QED) is 0.425. The number of para-hydroxylation sites is 1. The minimum absolute atomic E-state index is 0.409. The van der Waals surface area contributed by atoms with E-state index in [9.17, 15) is 15.3 Å². The Morgan fingerprint density at radius 1 is 1.07 bits per heavy atom. The summed E-state index contributed by atoms with van der Waals surface area (Å²) in [5.74, 6) is 1.20. The molecule has 0 aliphatic carbocycles. The number of aromatic nitrogens is 6. The van der Waals surface area contributed by atoms with Crippen LogP contribution in [0.4, 0.5) is 0 Å². The van der Waals surface area contributed by atoms with E-state index in [1.54, 1.807) is 17.8 Å². The third-order valence-corrected chi connectivity index (χ3v) is 5.11. The average Bonchev–Trinajstić information content (AvgIpc) is 3.44. The van der Waals surface area contributed by atoms with Gasteiger partial charge in [0.15, 0.2) is 28.9 Å². The molecule has 1 fully saturated rings. The first-order valence-corrected chi connectivity index (χ1v) is 8.96. The van der Waals surface area contributed by atoms with Crippen molar-refractivity contribution in [2.45, 2.75) is 24.5 Å². The first kappa shape index (κ1) is 17.9. The number of hydrogen-bond donors (Lipinski definition) is 3. The Balaban J connectivity index is 1.63. The largest absolute Gasteiger partial charge is 0.496 e. The predicted octanol–water partition coefficient (Wildman–Crippen LogP) is -0.239. The maximum atomic E-state index is 10.3. The summed E-state index contributed by atoms with van der Waals surface area (Å²) in [7, 11) is 1.58. The molecule has 0 saturated carbocycles. The van der Waals surface area contributed by atoms with E-state index < -0.39 is 31.1 Å². The molecule has 1 aromatic carbocycles. The minimum Gasteiger partial charge on any atom is -0.496 e. The Hall–Kier alpha value is -3.12. The second-order valence-corrected chi connectivity index (χ2v) is 6.71. The average molecular weight is 398 g/mol. The molecule has 0 bridgehead atoms. The van der Waals surface area contributed by atoms with Gasteiger partial charge < -0.3 is 24.8 Å². The van der Waals surface area contributed by atoms with Crippen molar-refractivity contribution >= 4 is 16.8 Å². The third kappa shape index (κ3) is 2.59. The standard InChI is InChI=1S/C18H18N6O5/c1-28-10-5-3-2-4-9(10)15-21-22-17-12-16(20-8-23(15)17)24(7-19-12)18-14(27)13(26)11(6-25)29-18/h2-5,7-8,11,13-14,18,25-27H,6H2,1H3/t11-,13-,14-,18-/m1/s1. The molecule has 0 amide bonds. The van der Waals surface area contributed by atoms with Crippen LogP contribution >= 0.6 is 0 Å². The first-order valence-electron chi connectivity index (χ1n) is 8.96. The molecule has 1 aliphatic heterocycles. The van der Waals surface area contributed by atoms with Crippen LogP contribution in [-0.2, 0) is 4.74 Å². The number of benzene rings is 1. The fourth-order valence-corrected chi connectivity index (χ4v) is 3.62. The number of hydrogen-bond acceptors (Lipinski definition) is 9. The molecule has 4 aromatic rings. The van der Waals surface area contributed by atoms with Crippen molar-refractivity contribution in [2.24, 2.45) is 0 Å². The van der Waals surface area contributed by atoms with Gasteiger partial charge in [0.25, 0.3) is 0 Å². The number of ether oxygens (including phenoxy) is 2. The van der Waals surface area contributed by atoms with Crippen molar-refractivity contribution in [1.29, 1.82) is 0 Å². The highest BCUT2D eigenvalue weighted by Crippen LogP contribution is 2.33. The van der Waals surface area contributed by atoms with E-state index in [1.165, 1.54) is 10.9 Å². The van der Waals surface area contributed by atoms with Crippen molar-refractivity contribution in [3.63, 3.8) is 0 Å². The molecule has 0 spiro atoms. The van der Waals surface area contributed by atoms with Gasteiger partial charge in [0.1, 0.15) is 30.4 Å². The predicted molar refractivity (Wildman–Crippen MR) is 99.1 cm³/mol. The van der Waals surface area contributed by atoms with Crippen molar-refractivity contribution in [1.82, 2.24) is 29.1 Å². The lowest BCUT2D eigenvalue weighted by Gasteiger charge is -2.16. The van der Waals surface area contributed by atoms with Crippen LogP contribution in [0.15, 0.2) is 36.9 Å². The number of imidazole rings is 1. The maximum absolute atomic E-state index is 10.3. The van der Waals surface area contributed by atoms with Crippen LogP contribution in [0.2, 0.25) is 0 Å². The molecule has 3 N–H and O–H groups in total. The molecule has 11 nitrogen and oxygen atoms in total. The Kier molecular flexibility index (Phi) is 4.17. The molecule has 4 heterocycles. The Morgan fingerprint density at radius 2 is 1.90 bits per heavy atom. The van der Waals surface area contributed by atoms with E-state index >= 15 is 0 Å². The molecule has 11 heteroatoms. The van der Waals surface area contributed by atoms with E-state index in [-0.39, 0.29) is 0 Å². The highest BCUT2D eigenvalue weighted by molar-refractivity contribution is 5.86. The summed E-state index contributed by atoms with van der Waals surface area (Å²) >= 11 is 0. The fraction of sp³-hybridized carbons (Fsp3) is 0.333. The molecule has 3 aromatic heterocycles. The maximum Gasteiger partial charge on any atom is 0.192 e. The van der Waals surface area contributed by atoms with Crippen molar-refractivity contribution in [3.05, 3.63) is 36.9 Å². The van der Waals surface area contributed by atoms with Gasteiger partial charge in [-0.15, -0.1) is 10.2 Å². The van der Waals surface area contributed by atoms with Crippen LogP contribution in [-0.4, -0.2) is 76.5 Å². The molecule has 4 atom stereocenters. The van der Waals surface area contributed by atoms with Crippen molar-refractivity contribution < 1.29 is 24.8 Å². The van der Waals surface area contributed by atoms with Gasteiger partial charge in [0, 0.05) is 0 Å². The smallest absolute Gasteiger partial charge is 0.192 e. The number of nitrogens with zero attached hydrogens (tertiary/aromatic N) is 6. The van der Waals surface area contributed by atoms with Gasteiger partial charge in [-0.05, 0) is 12.1 Å². The van der Waals surface area contributed by atoms with E-state index in [4.69, 9.17) is 9.47 Å². The lowest BCUT2D eigenvalue weighted by molar-refractivity contribution is -0.0511. The summed E-state index contributed by atoms with van der Waals surface area (Å²) < 4.78 is 14.2. The molecule has 150 valence electrons. The van der Waals surface area contributed by atoms with E-state index in [1.807, 2.05) is 24.3 Å². The Bertz CT molecular complexity index is 1190. The topological polar surface area (TPSA) is 140 Å². The summed E-state index contributed by atoms with van der Waals surface area (Å²) in [5, 5.41) is 38.2. The summed E-state index contributed by atoms with van der Waals surface area (Å²) in [6.45, 7) is -0.411. The van der Waals surface area contributed by atoms with Crippen LogP contribution < -0.4 is 4.74 Å². The molecule has 0 unspecified atom stereocenters. The molecular formula is C18H18N6O5. The summed E-state index contributed by atoms with van der Waals surface area (Å²) in [6, 6.07) is 7.45. The molecule has 0 radical (unpaired) electrons. The van der Waals surface area contributed by atoms with Gasteiger partial charge >= 0.3 is 0 Å². The van der Waals surface area contributed by atoms with Gasteiger partial charge in [0.05, 0.1) is 25.6 Å². The van der Waals surface area contributed by atoms with Crippen molar-refractivity contribution in [3.8, 4) is 17.1 Å². The molecule has 29 heavy (non-hydrogen) atoms. The van der Waals surface area contributed by atoms with Crippen LogP contribution in [0.3, 0.4) is 0 Å². The Labute approximate surface area is 163 Å². The highest BCUT2D eigenvalue weighted by Gasteiger charge is 2.44. The number of rotatable bonds is 4. The normalized spacial score (nSPS) is 24.6. The van der Waals surface area contributed by atoms with E-state index in [0.717, 1.165) is 5.56 Å². The second-order valence-electron chi connectivity index (χ2n) is 6.71. The Morgan fingerprint density at radius 3 is 2.66 bits per heavy atom. The summed E-state index contributed by atoms with van der Waals surface area (Å²) in [5.41, 5.74) is 2.10. The van der Waals surface area contributed by atoms with E-state index in [0.29, 0.717) is 28.4 Å². The third-order valence-electron chi connectivity index (χ3n) is 5.11. The van der Waals surface area contributed by atoms with Crippen molar-refractivity contribution in [2.75, 3.05) is 13.7 Å². The highest BCUT2D eigenvalue weighted by atomic mass is 16.6. The lowest BCUT2D eigenvalue weighted by atomic mass is 10.1. The van der Waals surface area contributed by atoms with Gasteiger partial charge in [-0.3, -0.25) is 8.97 Å². The lowest BCUT2D eigenvalue weighted by Crippen LogP contribution is -2.33. The number of methoxy groups -OCH3 is 1. The van der Waals surface area contributed by atoms with Crippen LogP contribution in [0.5, 0.6) is 5.75 Å². The molecule has 1 saturated heterocycles. The first-order chi connectivity index (χ1) is 14.1. The van der Waals surface area contributed by atoms with Gasteiger partial charge in [-0.1, -0.05) is 12.1 Å².